The van der Waals surface area contributed by atoms with Crippen molar-refractivity contribution in [2.45, 2.75) is 32.0 Å². The molecule has 0 atom stereocenters. The number of halogens is 1. The van der Waals surface area contributed by atoms with E-state index < -0.39 is 0 Å². The Labute approximate surface area is 173 Å². The van der Waals surface area contributed by atoms with Gasteiger partial charge in [0.25, 0.3) is 0 Å². The van der Waals surface area contributed by atoms with Gasteiger partial charge in [0.2, 0.25) is 0 Å². The van der Waals surface area contributed by atoms with Crippen LogP contribution in [0.1, 0.15) is 29.6 Å². The minimum absolute atomic E-state index is 0.539. The molecule has 5 rings (SSSR count). The Kier molecular flexibility index (Phi) is 5.15. The van der Waals surface area contributed by atoms with E-state index in [-0.39, 0.29) is 0 Å². The fraction of sp³-hybridized carbons (Fsp3) is 0.450. The maximum Gasteiger partial charge on any atom is 0.165 e. The van der Waals surface area contributed by atoms with Crippen molar-refractivity contribution < 1.29 is 0 Å². The zero-order valence-corrected chi connectivity index (χ0v) is 17.2. The molecule has 2 fully saturated rings. The van der Waals surface area contributed by atoms with E-state index in [1.807, 2.05) is 34.2 Å². The number of tetrazole rings is 1. The Hall–Kier alpha value is -1.80. The van der Waals surface area contributed by atoms with Gasteiger partial charge in [0.1, 0.15) is 0 Å². The predicted octanol–water partition coefficient (Wildman–Crippen LogP) is 3.71. The molecule has 28 heavy (non-hydrogen) atoms. The monoisotopic (exact) mass is 414 g/mol. The number of nitrogens with zero attached hydrogens (tertiary/aromatic N) is 6. The molecule has 1 aromatic carbocycles. The van der Waals surface area contributed by atoms with Crippen molar-refractivity contribution in [2.75, 3.05) is 26.2 Å². The highest BCUT2D eigenvalue weighted by atomic mass is 35.5. The molecule has 6 nitrogen and oxygen atoms in total. The van der Waals surface area contributed by atoms with Crippen LogP contribution < -0.4 is 0 Å². The fourth-order valence-electron chi connectivity index (χ4n) is 3.71. The molecule has 1 aliphatic carbocycles. The van der Waals surface area contributed by atoms with E-state index in [2.05, 4.69) is 43.5 Å². The van der Waals surface area contributed by atoms with Crippen molar-refractivity contribution in [3.63, 3.8) is 0 Å². The third kappa shape index (κ3) is 3.98. The highest BCUT2D eigenvalue weighted by Crippen LogP contribution is 2.35. The van der Waals surface area contributed by atoms with Crippen molar-refractivity contribution in [3.05, 3.63) is 52.1 Å². The first-order valence-corrected chi connectivity index (χ1v) is 11.0. The average molecular weight is 415 g/mol. The summed E-state index contributed by atoms with van der Waals surface area (Å²) in [6.07, 6.45) is 2.42. The Morgan fingerprint density at radius 3 is 2.46 bits per heavy atom. The summed E-state index contributed by atoms with van der Waals surface area (Å²) in [6, 6.07) is 13.0. The first kappa shape index (κ1) is 18.2. The second-order valence-electron chi connectivity index (χ2n) is 7.57. The lowest BCUT2D eigenvalue weighted by Crippen LogP contribution is -2.45. The summed E-state index contributed by atoms with van der Waals surface area (Å²) >= 11 is 8.18. The maximum atomic E-state index is 6.34. The lowest BCUT2D eigenvalue weighted by molar-refractivity contribution is 0.119. The molecule has 8 heteroatoms. The minimum atomic E-state index is 0.539. The van der Waals surface area contributed by atoms with Crippen molar-refractivity contribution in [3.8, 4) is 10.4 Å². The molecule has 0 bridgehead atoms. The molecule has 0 unspecified atom stereocenters. The Balaban J connectivity index is 1.16. The van der Waals surface area contributed by atoms with Gasteiger partial charge in [0.15, 0.2) is 5.82 Å². The maximum absolute atomic E-state index is 6.34. The second-order valence-corrected chi connectivity index (χ2v) is 9.14. The van der Waals surface area contributed by atoms with E-state index in [4.69, 9.17) is 11.6 Å². The molecule has 1 saturated carbocycles. The average Bonchev–Trinajstić information content (AvgIpc) is 3.27. The first-order valence-electron chi connectivity index (χ1n) is 9.81. The summed E-state index contributed by atoms with van der Waals surface area (Å²) in [5.41, 5.74) is 1.12. The summed E-state index contributed by atoms with van der Waals surface area (Å²) < 4.78 is 2.02. The van der Waals surface area contributed by atoms with Crippen LogP contribution >= 0.6 is 22.9 Å². The van der Waals surface area contributed by atoms with E-state index in [0.29, 0.717) is 6.04 Å². The van der Waals surface area contributed by atoms with Gasteiger partial charge in [0, 0.05) is 53.1 Å². The van der Waals surface area contributed by atoms with Gasteiger partial charge in [-0.05, 0) is 41.5 Å². The highest BCUT2D eigenvalue weighted by molar-refractivity contribution is 7.15. The zero-order valence-electron chi connectivity index (χ0n) is 15.7. The number of hydrogen-bond acceptors (Lipinski definition) is 6. The summed E-state index contributed by atoms with van der Waals surface area (Å²) in [5.74, 6) is 1.01. The number of thiophene rings is 1. The van der Waals surface area contributed by atoms with Crippen LogP contribution in [0.2, 0.25) is 5.02 Å². The number of hydrogen-bond donors (Lipinski definition) is 0. The van der Waals surface area contributed by atoms with Gasteiger partial charge in [-0.2, -0.15) is 0 Å². The van der Waals surface area contributed by atoms with Crippen molar-refractivity contribution in [1.82, 2.24) is 30.0 Å². The van der Waals surface area contributed by atoms with Crippen molar-refractivity contribution in [1.29, 1.82) is 0 Å². The standard InChI is InChI=1S/C20H23ClN6S/c21-18-4-2-1-3-17(18)19-8-7-16(28-19)13-25-9-11-26(12-10-25)14-20-22-23-24-27(20)15-5-6-15/h1-4,7-8,15H,5-6,9-14H2. The molecular weight excluding hydrogens is 392 g/mol. The Morgan fingerprint density at radius 1 is 0.964 bits per heavy atom. The molecule has 1 aliphatic heterocycles. The van der Waals surface area contributed by atoms with Gasteiger partial charge >= 0.3 is 0 Å². The Bertz CT molecular complexity index is 942. The predicted molar refractivity (Wildman–Crippen MR) is 111 cm³/mol. The summed E-state index contributed by atoms with van der Waals surface area (Å²) in [5, 5.41) is 13.1. The molecule has 0 radical (unpaired) electrons. The van der Waals surface area contributed by atoms with Crippen LogP contribution in [0.15, 0.2) is 36.4 Å². The third-order valence-electron chi connectivity index (χ3n) is 5.46. The molecule has 3 heterocycles. The molecule has 0 N–H and O–H groups in total. The van der Waals surface area contributed by atoms with E-state index in [0.717, 1.165) is 55.7 Å². The lowest BCUT2D eigenvalue weighted by atomic mass is 10.2. The van der Waals surface area contributed by atoms with Crippen molar-refractivity contribution >= 4 is 22.9 Å². The van der Waals surface area contributed by atoms with Crippen LogP contribution in [0.3, 0.4) is 0 Å². The first-order chi connectivity index (χ1) is 13.8. The van der Waals surface area contributed by atoms with Crippen LogP contribution in [0, 0.1) is 0 Å². The van der Waals surface area contributed by atoms with Crippen LogP contribution in [0.25, 0.3) is 10.4 Å². The van der Waals surface area contributed by atoms with Gasteiger partial charge in [-0.25, -0.2) is 4.68 Å². The largest absolute Gasteiger partial charge is 0.296 e. The fourth-order valence-corrected chi connectivity index (χ4v) is 5.10. The summed E-state index contributed by atoms with van der Waals surface area (Å²) in [7, 11) is 0. The van der Waals surface area contributed by atoms with E-state index in [1.54, 1.807) is 0 Å². The number of rotatable bonds is 6. The van der Waals surface area contributed by atoms with Crippen LogP contribution in [0.4, 0.5) is 0 Å². The SMILES string of the molecule is Clc1ccccc1-c1ccc(CN2CCN(Cc3nnnn3C3CC3)CC2)s1. The number of aromatic nitrogens is 4. The smallest absolute Gasteiger partial charge is 0.165 e. The van der Waals surface area contributed by atoms with Crippen LogP contribution in [0.5, 0.6) is 0 Å². The molecule has 2 aromatic heterocycles. The van der Waals surface area contributed by atoms with Crippen LogP contribution in [-0.2, 0) is 13.1 Å². The normalized spacial score (nSPS) is 18.6. The molecule has 146 valence electrons. The zero-order chi connectivity index (χ0) is 18.9. The van der Waals surface area contributed by atoms with E-state index in [9.17, 15) is 0 Å². The second kappa shape index (κ2) is 7.91. The molecule has 0 spiro atoms. The topological polar surface area (TPSA) is 50.1 Å². The van der Waals surface area contributed by atoms with Crippen LogP contribution in [-0.4, -0.2) is 56.2 Å². The Morgan fingerprint density at radius 2 is 1.71 bits per heavy atom. The summed E-state index contributed by atoms with van der Waals surface area (Å²) in [4.78, 5) is 7.62. The molecule has 0 amide bonds. The van der Waals surface area contributed by atoms with Gasteiger partial charge in [-0.3, -0.25) is 9.80 Å². The third-order valence-corrected chi connectivity index (χ3v) is 6.90. The van der Waals surface area contributed by atoms with Crippen molar-refractivity contribution in [2.24, 2.45) is 0 Å². The molecule has 3 aromatic rings. The van der Waals surface area contributed by atoms with E-state index in [1.165, 1.54) is 22.6 Å². The lowest BCUT2D eigenvalue weighted by Gasteiger charge is -2.34. The van der Waals surface area contributed by atoms with Gasteiger partial charge < -0.3 is 0 Å². The highest BCUT2D eigenvalue weighted by Gasteiger charge is 2.28. The molecular formula is C20H23ClN6S. The minimum Gasteiger partial charge on any atom is -0.296 e. The summed E-state index contributed by atoms with van der Waals surface area (Å²) in [6.45, 7) is 6.12. The van der Waals surface area contributed by atoms with E-state index >= 15 is 0 Å². The quantitative estimate of drug-likeness (QED) is 0.615. The molecule has 2 aliphatic rings. The number of benzene rings is 1. The van der Waals surface area contributed by atoms with Gasteiger partial charge in [-0.1, -0.05) is 29.8 Å². The number of piperazine rings is 1. The van der Waals surface area contributed by atoms with Gasteiger partial charge in [-0.15, -0.1) is 16.4 Å². The van der Waals surface area contributed by atoms with Gasteiger partial charge in [0.05, 0.1) is 12.6 Å². The molecule has 1 saturated heterocycles.